The quantitative estimate of drug-likeness (QED) is 0.640. The van der Waals surface area contributed by atoms with Crippen molar-refractivity contribution in [3.63, 3.8) is 0 Å². The number of likely N-dealkylation sites (N-methyl/N-ethyl adjacent to an activating group) is 1. The number of hydrogen-bond acceptors (Lipinski definition) is 2. The van der Waals surface area contributed by atoms with Gasteiger partial charge < -0.3 is 10.0 Å². The molecule has 0 unspecified atom stereocenters. The number of phenols is 1. The number of phenolic OH excluding ortho intramolecular Hbond substituents is 1. The third kappa shape index (κ3) is 4.45. The van der Waals surface area contributed by atoms with Crippen LogP contribution in [0.2, 0.25) is 0 Å². The Morgan fingerprint density at radius 1 is 1.17 bits per heavy atom. The van der Waals surface area contributed by atoms with E-state index < -0.39 is 0 Å². The Morgan fingerprint density at radius 2 is 1.78 bits per heavy atom. The maximum absolute atomic E-state index is 11.6. The normalized spacial score (nSPS) is 11.2. The van der Waals surface area contributed by atoms with Crippen LogP contribution >= 0.6 is 0 Å². The van der Waals surface area contributed by atoms with Gasteiger partial charge in [0.15, 0.2) is 0 Å². The van der Waals surface area contributed by atoms with E-state index in [4.69, 9.17) is 5.11 Å². The summed E-state index contributed by atoms with van der Waals surface area (Å²) in [5.74, 6) is 0.273. The molecule has 1 aromatic carbocycles. The average Bonchev–Trinajstić information content (AvgIpc) is 2.38. The summed E-state index contributed by atoms with van der Waals surface area (Å²) in [5.41, 5.74) is 0.979. The van der Waals surface area contributed by atoms with Crippen molar-refractivity contribution < 1.29 is 9.90 Å². The number of carbonyl (C=O) groups excluding carboxylic acids is 1. The highest BCUT2D eigenvalue weighted by Crippen LogP contribution is 2.10. The van der Waals surface area contributed by atoms with Crippen LogP contribution in [0, 0.1) is 0 Å². The molecule has 0 atom stereocenters. The first-order valence-electron chi connectivity index (χ1n) is 6.10. The van der Waals surface area contributed by atoms with Crippen LogP contribution in [0.1, 0.15) is 19.4 Å². The summed E-state index contributed by atoms with van der Waals surface area (Å²) in [5, 5.41) is 9.13. The van der Waals surface area contributed by atoms with Crippen molar-refractivity contribution in [3.8, 4) is 5.75 Å². The Bertz CT molecular complexity index is 428. The van der Waals surface area contributed by atoms with Gasteiger partial charge in [-0.2, -0.15) is 0 Å². The Hall–Kier alpha value is -2.03. The van der Waals surface area contributed by atoms with Crippen molar-refractivity contribution in [3.05, 3.63) is 48.1 Å². The highest BCUT2D eigenvalue weighted by molar-refractivity contribution is 5.87. The van der Waals surface area contributed by atoms with Gasteiger partial charge in [0.2, 0.25) is 5.91 Å². The fourth-order valence-electron chi connectivity index (χ4n) is 1.53. The van der Waals surface area contributed by atoms with E-state index in [1.165, 1.54) is 0 Å². The molecule has 1 amide bonds. The van der Waals surface area contributed by atoms with Crippen LogP contribution in [0.5, 0.6) is 5.75 Å². The molecule has 0 aliphatic carbocycles. The van der Waals surface area contributed by atoms with Crippen molar-refractivity contribution in [2.24, 2.45) is 0 Å². The zero-order valence-electron chi connectivity index (χ0n) is 10.8. The molecule has 3 nitrogen and oxygen atoms in total. The lowest BCUT2D eigenvalue weighted by Crippen LogP contribution is -2.28. The largest absolute Gasteiger partial charge is 0.508 e. The predicted molar refractivity (Wildman–Crippen MR) is 74.2 cm³/mol. The fourth-order valence-corrected chi connectivity index (χ4v) is 1.53. The number of hydrogen-bond donors (Lipinski definition) is 1. The number of carbonyl (C=O) groups is 1. The highest BCUT2D eigenvalue weighted by atomic mass is 16.3. The molecule has 3 heteroatoms. The van der Waals surface area contributed by atoms with E-state index >= 15 is 0 Å². The van der Waals surface area contributed by atoms with E-state index in [1.807, 2.05) is 38.1 Å². The standard InChI is InChI=1S/C15H19NO2/c1-3-16(4-2)15(18)8-6-5-7-13-9-11-14(17)12-10-13/h5-12,17H,3-4H2,1-2H3. The predicted octanol–water partition coefficient (Wildman–Crippen LogP) is 2.83. The molecular weight excluding hydrogens is 226 g/mol. The average molecular weight is 245 g/mol. The van der Waals surface area contributed by atoms with E-state index in [2.05, 4.69) is 0 Å². The van der Waals surface area contributed by atoms with E-state index in [0.29, 0.717) is 0 Å². The van der Waals surface area contributed by atoms with Crippen LogP contribution in [0.3, 0.4) is 0 Å². The van der Waals surface area contributed by atoms with Crippen LogP contribution in [-0.4, -0.2) is 29.0 Å². The number of rotatable bonds is 5. The summed E-state index contributed by atoms with van der Waals surface area (Å²) in [6.07, 6.45) is 6.98. The van der Waals surface area contributed by atoms with E-state index in [0.717, 1.165) is 18.7 Å². The van der Waals surface area contributed by atoms with Crippen molar-refractivity contribution in [2.75, 3.05) is 13.1 Å². The van der Waals surface area contributed by atoms with E-state index in [1.54, 1.807) is 29.2 Å². The molecule has 0 aromatic heterocycles. The minimum Gasteiger partial charge on any atom is -0.508 e. The Kier molecular flexibility index (Phi) is 5.71. The van der Waals surface area contributed by atoms with Gasteiger partial charge >= 0.3 is 0 Å². The molecule has 1 N–H and O–H groups in total. The van der Waals surface area contributed by atoms with Gasteiger partial charge in [-0.1, -0.05) is 30.4 Å². The zero-order chi connectivity index (χ0) is 13.4. The first-order chi connectivity index (χ1) is 8.67. The van der Waals surface area contributed by atoms with Crippen molar-refractivity contribution in [1.82, 2.24) is 4.90 Å². The molecule has 0 saturated heterocycles. The minimum atomic E-state index is 0.0235. The van der Waals surface area contributed by atoms with Crippen LogP contribution in [-0.2, 0) is 4.79 Å². The van der Waals surface area contributed by atoms with Gasteiger partial charge in [0, 0.05) is 19.2 Å². The molecule has 1 aromatic rings. The molecule has 1 rings (SSSR count). The Balaban J connectivity index is 2.54. The van der Waals surface area contributed by atoms with Crippen molar-refractivity contribution >= 4 is 12.0 Å². The summed E-state index contributed by atoms with van der Waals surface area (Å²) in [6, 6.07) is 6.88. The summed E-state index contributed by atoms with van der Waals surface area (Å²) < 4.78 is 0. The number of amides is 1. The van der Waals surface area contributed by atoms with Gasteiger partial charge in [0.05, 0.1) is 0 Å². The second-order valence-corrected chi connectivity index (χ2v) is 3.82. The van der Waals surface area contributed by atoms with Crippen LogP contribution in [0.4, 0.5) is 0 Å². The molecule has 0 heterocycles. The highest BCUT2D eigenvalue weighted by Gasteiger charge is 2.03. The molecule has 0 spiro atoms. The van der Waals surface area contributed by atoms with Crippen LogP contribution in [0.25, 0.3) is 6.08 Å². The lowest BCUT2D eigenvalue weighted by atomic mass is 10.2. The first kappa shape index (κ1) is 14.0. The number of allylic oxidation sites excluding steroid dienone is 2. The first-order valence-corrected chi connectivity index (χ1v) is 6.10. The molecule has 0 aliphatic rings. The summed E-state index contributed by atoms with van der Waals surface area (Å²) >= 11 is 0. The molecule has 18 heavy (non-hydrogen) atoms. The molecule has 0 aliphatic heterocycles. The SMILES string of the molecule is CCN(CC)C(=O)C=CC=Cc1ccc(O)cc1. The Morgan fingerprint density at radius 3 is 2.33 bits per heavy atom. The number of benzene rings is 1. The topological polar surface area (TPSA) is 40.5 Å². The lowest BCUT2D eigenvalue weighted by Gasteiger charge is -2.15. The van der Waals surface area contributed by atoms with Crippen molar-refractivity contribution in [2.45, 2.75) is 13.8 Å². The smallest absolute Gasteiger partial charge is 0.246 e. The fraction of sp³-hybridized carbons (Fsp3) is 0.267. The molecular formula is C15H19NO2. The molecule has 0 fully saturated rings. The zero-order valence-corrected chi connectivity index (χ0v) is 10.8. The lowest BCUT2D eigenvalue weighted by molar-refractivity contribution is -0.125. The third-order valence-electron chi connectivity index (χ3n) is 2.61. The van der Waals surface area contributed by atoms with Crippen molar-refractivity contribution in [1.29, 1.82) is 0 Å². The summed E-state index contributed by atoms with van der Waals surface area (Å²) in [7, 11) is 0. The second kappa shape index (κ2) is 7.33. The van der Waals surface area contributed by atoms with Gasteiger partial charge in [-0.05, 0) is 31.5 Å². The number of nitrogens with zero attached hydrogens (tertiary/aromatic N) is 1. The summed E-state index contributed by atoms with van der Waals surface area (Å²) in [4.78, 5) is 13.4. The van der Waals surface area contributed by atoms with Gasteiger partial charge in [-0.3, -0.25) is 4.79 Å². The van der Waals surface area contributed by atoms with Gasteiger partial charge in [0.1, 0.15) is 5.75 Å². The van der Waals surface area contributed by atoms with E-state index in [9.17, 15) is 4.79 Å². The van der Waals surface area contributed by atoms with Gasteiger partial charge in [-0.15, -0.1) is 0 Å². The van der Waals surface area contributed by atoms with Crippen LogP contribution < -0.4 is 0 Å². The maximum Gasteiger partial charge on any atom is 0.246 e. The third-order valence-corrected chi connectivity index (χ3v) is 2.61. The molecule has 0 radical (unpaired) electrons. The minimum absolute atomic E-state index is 0.0235. The maximum atomic E-state index is 11.6. The monoisotopic (exact) mass is 245 g/mol. The Labute approximate surface area is 108 Å². The summed E-state index contributed by atoms with van der Waals surface area (Å²) in [6.45, 7) is 5.37. The van der Waals surface area contributed by atoms with Gasteiger partial charge in [-0.25, -0.2) is 0 Å². The second-order valence-electron chi connectivity index (χ2n) is 3.82. The van der Waals surface area contributed by atoms with Crippen LogP contribution in [0.15, 0.2) is 42.5 Å². The molecule has 0 bridgehead atoms. The number of aromatic hydroxyl groups is 1. The van der Waals surface area contributed by atoms with E-state index in [-0.39, 0.29) is 11.7 Å². The molecule has 96 valence electrons. The molecule has 0 saturated carbocycles. The van der Waals surface area contributed by atoms with Gasteiger partial charge in [0.25, 0.3) is 0 Å².